The predicted octanol–water partition coefficient (Wildman–Crippen LogP) is 1.98. The second kappa shape index (κ2) is 6.03. The van der Waals surface area contributed by atoms with E-state index in [0.717, 1.165) is 0 Å². The average molecular weight is 298 g/mol. The first-order valence-electron chi connectivity index (χ1n) is 5.51. The molecule has 1 amide bonds. The van der Waals surface area contributed by atoms with E-state index in [1.807, 2.05) is 0 Å². The molecule has 0 saturated carbocycles. The van der Waals surface area contributed by atoms with Gasteiger partial charge in [0.15, 0.2) is 0 Å². The van der Waals surface area contributed by atoms with E-state index in [-0.39, 0.29) is 11.2 Å². The van der Waals surface area contributed by atoms with Crippen LogP contribution in [0.5, 0.6) is 0 Å². The largest absolute Gasteiger partial charge is 0.325 e. The highest BCUT2D eigenvalue weighted by Gasteiger charge is 2.17. The van der Waals surface area contributed by atoms with E-state index < -0.39 is 0 Å². The molecule has 1 atom stereocenters. The Hall–Kier alpha value is -1.60. The number of nitrogens with zero attached hydrogens (tertiary/aromatic N) is 4. The lowest BCUT2D eigenvalue weighted by molar-refractivity contribution is -0.115. The molecule has 0 aliphatic carbocycles. The lowest BCUT2D eigenvalue weighted by atomic mass is 10.3. The van der Waals surface area contributed by atoms with Gasteiger partial charge in [-0.15, -0.1) is 5.10 Å². The van der Waals surface area contributed by atoms with Gasteiger partial charge in [0.05, 0.1) is 5.25 Å². The molecule has 1 aromatic heterocycles. The number of nitrogens with one attached hydrogen (secondary N) is 1. The fourth-order valence-electron chi connectivity index (χ4n) is 1.31. The van der Waals surface area contributed by atoms with Crippen LogP contribution in [0.4, 0.5) is 5.69 Å². The van der Waals surface area contributed by atoms with Crippen molar-refractivity contribution in [3.05, 3.63) is 29.3 Å². The van der Waals surface area contributed by atoms with Crippen LogP contribution in [-0.4, -0.2) is 31.4 Å². The second-order valence-electron chi connectivity index (χ2n) is 3.84. The molecule has 1 heterocycles. The van der Waals surface area contributed by atoms with Crippen LogP contribution in [0.3, 0.4) is 0 Å². The Morgan fingerprint density at radius 1 is 1.42 bits per heavy atom. The van der Waals surface area contributed by atoms with Crippen LogP contribution in [0, 0.1) is 0 Å². The molecular formula is C11H12ClN5OS. The summed E-state index contributed by atoms with van der Waals surface area (Å²) in [6, 6.07) is 6.95. The third-order valence-electron chi connectivity index (χ3n) is 2.34. The molecule has 19 heavy (non-hydrogen) atoms. The number of halogens is 1. The number of thioether (sulfide) groups is 1. The fourth-order valence-corrected chi connectivity index (χ4v) is 2.19. The number of benzene rings is 1. The van der Waals surface area contributed by atoms with Gasteiger partial charge < -0.3 is 5.32 Å². The maximum atomic E-state index is 12.0. The predicted molar refractivity (Wildman–Crippen MR) is 74.2 cm³/mol. The monoisotopic (exact) mass is 297 g/mol. The second-order valence-corrected chi connectivity index (χ2v) is 5.59. The van der Waals surface area contributed by atoms with Crippen LogP contribution in [0.15, 0.2) is 29.4 Å². The minimum atomic E-state index is -0.305. The standard InChI is InChI=1S/C11H12ClN5OS/c1-7(19-11-14-15-16-17(11)2)10(18)13-9-5-3-8(12)4-6-9/h3-7H,1-2H3,(H,13,18)/t7-/m1/s1. The average Bonchev–Trinajstić information content (AvgIpc) is 2.78. The zero-order valence-electron chi connectivity index (χ0n) is 10.4. The van der Waals surface area contributed by atoms with E-state index in [1.165, 1.54) is 16.4 Å². The van der Waals surface area contributed by atoms with Crippen LogP contribution >= 0.6 is 23.4 Å². The molecule has 0 spiro atoms. The zero-order chi connectivity index (χ0) is 13.8. The van der Waals surface area contributed by atoms with Crippen molar-refractivity contribution < 1.29 is 4.79 Å². The van der Waals surface area contributed by atoms with Gasteiger partial charge in [-0.1, -0.05) is 23.4 Å². The number of aryl methyl sites for hydroxylation is 1. The summed E-state index contributed by atoms with van der Waals surface area (Å²) in [5, 5.41) is 14.8. The number of hydrogen-bond donors (Lipinski definition) is 1. The van der Waals surface area contributed by atoms with Gasteiger partial charge in [-0.2, -0.15) is 0 Å². The maximum Gasteiger partial charge on any atom is 0.237 e. The first kappa shape index (κ1) is 13.8. The Balaban J connectivity index is 1.96. The van der Waals surface area contributed by atoms with Gasteiger partial charge in [-0.3, -0.25) is 4.79 Å². The Morgan fingerprint density at radius 2 is 2.11 bits per heavy atom. The van der Waals surface area contributed by atoms with E-state index >= 15 is 0 Å². The Bertz CT molecular complexity index is 571. The number of carbonyl (C=O) groups excluding carboxylic acids is 1. The smallest absolute Gasteiger partial charge is 0.237 e. The molecule has 0 fully saturated rings. The summed E-state index contributed by atoms with van der Waals surface area (Å²) in [5.41, 5.74) is 0.706. The minimum Gasteiger partial charge on any atom is -0.325 e. The summed E-state index contributed by atoms with van der Waals surface area (Å²) in [6.07, 6.45) is 0. The molecule has 0 saturated heterocycles. The van der Waals surface area contributed by atoms with Crippen molar-refractivity contribution in [2.45, 2.75) is 17.3 Å². The molecule has 0 radical (unpaired) electrons. The van der Waals surface area contributed by atoms with Crippen molar-refractivity contribution in [3.63, 3.8) is 0 Å². The fraction of sp³-hybridized carbons (Fsp3) is 0.273. The molecule has 2 aromatic rings. The van der Waals surface area contributed by atoms with Crippen molar-refractivity contribution in [3.8, 4) is 0 Å². The SMILES string of the molecule is C[C@@H](Sc1nnnn1C)C(=O)Nc1ccc(Cl)cc1. The molecule has 1 aromatic carbocycles. The minimum absolute atomic E-state index is 0.115. The van der Waals surface area contributed by atoms with Crippen molar-refractivity contribution in [1.82, 2.24) is 20.2 Å². The molecule has 100 valence electrons. The Morgan fingerprint density at radius 3 is 2.68 bits per heavy atom. The highest BCUT2D eigenvalue weighted by Crippen LogP contribution is 2.21. The van der Waals surface area contributed by atoms with Gasteiger partial charge >= 0.3 is 0 Å². The number of amides is 1. The summed E-state index contributed by atoms with van der Waals surface area (Å²) < 4.78 is 1.52. The number of aromatic nitrogens is 4. The van der Waals surface area contributed by atoms with Crippen molar-refractivity contribution in [1.29, 1.82) is 0 Å². The lowest BCUT2D eigenvalue weighted by Crippen LogP contribution is -2.22. The van der Waals surface area contributed by atoms with Crippen LogP contribution < -0.4 is 5.32 Å². The zero-order valence-corrected chi connectivity index (χ0v) is 11.9. The van der Waals surface area contributed by atoms with Crippen molar-refractivity contribution in [2.75, 3.05) is 5.32 Å². The van der Waals surface area contributed by atoms with Gasteiger partial charge in [-0.25, -0.2) is 4.68 Å². The quantitative estimate of drug-likeness (QED) is 0.874. The van der Waals surface area contributed by atoms with Crippen molar-refractivity contribution >= 4 is 35.0 Å². The highest BCUT2D eigenvalue weighted by molar-refractivity contribution is 8.00. The molecular weight excluding hydrogens is 286 g/mol. The van der Waals surface area contributed by atoms with Crippen LogP contribution in [0.25, 0.3) is 0 Å². The summed E-state index contributed by atoms with van der Waals surface area (Å²) in [6.45, 7) is 1.80. The first-order chi connectivity index (χ1) is 9.06. The number of hydrogen-bond acceptors (Lipinski definition) is 5. The summed E-state index contributed by atoms with van der Waals surface area (Å²) >= 11 is 7.08. The first-order valence-corrected chi connectivity index (χ1v) is 6.77. The number of carbonyl (C=O) groups is 1. The molecule has 0 aliphatic rings. The summed E-state index contributed by atoms with van der Waals surface area (Å²) in [7, 11) is 1.73. The maximum absolute atomic E-state index is 12.0. The summed E-state index contributed by atoms with van der Waals surface area (Å²) in [5.74, 6) is -0.115. The van der Waals surface area contributed by atoms with Gasteiger partial charge in [-0.05, 0) is 41.6 Å². The van der Waals surface area contributed by atoms with E-state index in [1.54, 1.807) is 38.2 Å². The van der Waals surface area contributed by atoms with Crippen LogP contribution in [0.1, 0.15) is 6.92 Å². The third-order valence-corrected chi connectivity index (χ3v) is 3.72. The molecule has 1 N–H and O–H groups in total. The van der Waals surface area contributed by atoms with E-state index in [9.17, 15) is 4.79 Å². The summed E-state index contributed by atoms with van der Waals surface area (Å²) in [4.78, 5) is 12.0. The number of rotatable bonds is 4. The Labute approximate surface area is 119 Å². The van der Waals surface area contributed by atoms with Gasteiger partial charge in [0.1, 0.15) is 0 Å². The molecule has 8 heteroatoms. The van der Waals surface area contributed by atoms with Gasteiger partial charge in [0, 0.05) is 17.8 Å². The van der Waals surface area contributed by atoms with E-state index in [0.29, 0.717) is 15.9 Å². The van der Waals surface area contributed by atoms with E-state index in [4.69, 9.17) is 11.6 Å². The van der Waals surface area contributed by atoms with Crippen LogP contribution in [0.2, 0.25) is 5.02 Å². The molecule has 6 nitrogen and oxygen atoms in total. The molecule has 0 unspecified atom stereocenters. The number of anilines is 1. The van der Waals surface area contributed by atoms with E-state index in [2.05, 4.69) is 20.8 Å². The van der Waals surface area contributed by atoms with Gasteiger partial charge in [0.25, 0.3) is 0 Å². The molecule has 0 bridgehead atoms. The van der Waals surface area contributed by atoms with Gasteiger partial charge in [0.2, 0.25) is 11.1 Å². The lowest BCUT2D eigenvalue weighted by Gasteiger charge is -2.10. The number of tetrazole rings is 1. The van der Waals surface area contributed by atoms with Crippen LogP contribution in [-0.2, 0) is 11.8 Å². The van der Waals surface area contributed by atoms with Crippen molar-refractivity contribution in [2.24, 2.45) is 7.05 Å². The normalized spacial score (nSPS) is 12.2. The Kier molecular flexibility index (Phi) is 4.39. The molecule has 0 aliphatic heterocycles. The highest BCUT2D eigenvalue weighted by atomic mass is 35.5. The third kappa shape index (κ3) is 3.68. The molecule has 2 rings (SSSR count). The topological polar surface area (TPSA) is 72.7 Å².